The zero-order valence-electron chi connectivity index (χ0n) is 18.8. The zero-order valence-corrected chi connectivity index (χ0v) is 20.4. The molecule has 0 fully saturated rings. The summed E-state index contributed by atoms with van der Waals surface area (Å²) in [6.45, 7) is 0. The standard InChI is InChI=1S/C18H20N4O4S2.C2HF3O2/c1-19-28(23,24)11-5-6-17(27-4)14(7-11)22-18-12-8-15(25-2)16(26-3)9-13(12)20-10-21-18;3-2(4,5)1(6)7/h5-10,19H,1-4H3,(H,20,21,22);(H,6,7). The number of carboxylic acid groups (broad SMARTS) is 1. The average molecular weight is 535 g/mol. The maximum Gasteiger partial charge on any atom is 0.490 e. The van der Waals surface area contributed by atoms with Crippen LogP contribution in [0.15, 0.2) is 46.5 Å². The zero-order chi connectivity index (χ0) is 26.4. The van der Waals surface area contributed by atoms with E-state index in [-0.39, 0.29) is 4.90 Å². The minimum absolute atomic E-state index is 0.160. The highest BCUT2D eigenvalue weighted by Gasteiger charge is 2.38. The number of alkyl halides is 3. The minimum atomic E-state index is -5.08. The Morgan fingerprint density at radius 3 is 2.20 bits per heavy atom. The van der Waals surface area contributed by atoms with Gasteiger partial charge in [-0.05, 0) is 37.6 Å². The fourth-order valence-electron chi connectivity index (χ4n) is 2.68. The number of benzene rings is 2. The van der Waals surface area contributed by atoms with E-state index in [0.29, 0.717) is 33.9 Å². The molecular formula is C20H21F3N4O6S2. The van der Waals surface area contributed by atoms with Crippen LogP contribution in [0.5, 0.6) is 11.5 Å². The SMILES string of the molecule is CNS(=O)(=O)c1ccc(SC)c(Nc2ncnc3cc(OC)c(OC)cc23)c1.O=C(O)C(F)(F)F. The van der Waals surface area contributed by atoms with Crippen LogP contribution >= 0.6 is 11.8 Å². The minimum Gasteiger partial charge on any atom is -0.493 e. The Hall–Kier alpha value is -3.30. The Balaban J connectivity index is 0.000000540. The van der Waals surface area contributed by atoms with Gasteiger partial charge in [-0.1, -0.05) is 0 Å². The molecule has 0 radical (unpaired) electrons. The van der Waals surface area contributed by atoms with Crippen molar-refractivity contribution in [2.24, 2.45) is 0 Å². The maximum atomic E-state index is 12.2. The summed E-state index contributed by atoms with van der Waals surface area (Å²) in [4.78, 5) is 18.5. The van der Waals surface area contributed by atoms with Crippen LogP contribution in [-0.4, -0.2) is 63.2 Å². The summed E-state index contributed by atoms with van der Waals surface area (Å²) in [5.74, 6) is -1.12. The molecule has 0 unspecified atom stereocenters. The molecule has 0 aliphatic rings. The summed E-state index contributed by atoms with van der Waals surface area (Å²) < 4.78 is 69.1. The summed E-state index contributed by atoms with van der Waals surface area (Å²) in [6.07, 6.45) is -1.73. The van der Waals surface area contributed by atoms with Gasteiger partial charge in [0.15, 0.2) is 11.5 Å². The topological polar surface area (TPSA) is 140 Å². The second-order valence-electron chi connectivity index (χ2n) is 6.44. The molecule has 10 nitrogen and oxygen atoms in total. The van der Waals surface area contributed by atoms with Crippen LogP contribution in [0.2, 0.25) is 0 Å². The molecule has 0 bridgehead atoms. The Bertz CT molecular complexity index is 1320. The van der Waals surface area contributed by atoms with Crippen LogP contribution in [0.25, 0.3) is 10.9 Å². The molecule has 0 aliphatic heterocycles. The Morgan fingerprint density at radius 2 is 1.69 bits per heavy atom. The summed E-state index contributed by atoms with van der Waals surface area (Å²) in [5.41, 5.74) is 1.29. The number of anilines is 2. The molecule has 0 saturated carbocycles. The molecule has 190 valence electrons. The quantitative estimate of drug-likeness (QED) is 0.385. The lowest BCUT2D eigenvalue weighted by atomic mass is 10.2. The van der Waals surface area contributed by atoms with Gasteiger partial charge in [-0.15, -0.1) is 11.8 Å². The van der Waals surface area contributed by atoms with E-state index in [9.17, 15) is 21.6 Å². The highest BCUT2D eigenvalue weighted by Crippen LogP contribution is 2.36. The van der Waals surface area contributed by atoms with Crippen molar-refractivity contribution in [2.75, 3.05) is 32.8 Å². The number of halogens is 3. The van der Waals surface area contributed by atoms with E-state index in [2.05, 4.69) is 20.0 Å². The summed E-state index contributed by atoms with van der Waals surface area (Å²) in [6, 6.07) is 8.44. The van der Waals surface area contributed by atoms with E-state index < -0.39 is 22.2 Å². The Labute approximate surface area is 202 Å². The first-order chi connectivity index (χ1) is 16.4. The molecular weight excluding hydrogens is 513 g/mol. The Morgan fingerprint density at radius 1 is 1.09 bits per heavy atom. The van der Waals surface area contributed by atoms with Gasteiger partial charge in [-0.3, -0.25) is 0 Å². The van der Waals surface area contributed by atoms with Crippen LogP contribution in [0.4, 0.5) is 24.7 Å². The molecule has 3 N–H and O–H groups in total. The lowest BCUT2D eigenvalue weighted by Crippen LogP contribution is -2.21. The highest BCUT2D eigenvalue weighted by atomic mass is 32.2. The van der Waals surface area contributed by atoms with E-state index in [1.54, 1.807) is 44.6 Å². The van der Waals surface area contributed by atoms with E-state index >= 15 is 0 Å². The fourth-order valence-corrected chi connectivity index (χ4v) is 3.97. The fraction of sp³-hybridized carbons (Fsp3) is 0.250. The predicted octanol–water partition coefficient (Wildman–Crippen LogP) is 3.65. The lowest BCUT2D eigenvalue weighted by molar-refractivity contribution is -0.192. The smallest absolute Gasteiger partial charge is 0.490 e. The second-order valence-corrected chi connectivity index (χ2v) is 9.18. The number of sulfonamides is 1. The monoisotopic (exact) mass is 534 g/mol. The Kier molecular flexibility index (Phi) is 9.12. The van der Waals surface area contributed by atoms with Gasteiger partial charge in [-0.25, -0.2) is 27.9 Å². The van der Waals surface area contributed by atoms with Gasteiger partial charge in [0.25, 0.3) is 0 Å². The third-order valence-electron chi connectivity index (χ3n) is 4.39. The van der Waals surface area contributed by atoms with Crippen molar-refractivity contribution in [1.82, 2.24) is 14.7 Å². The molecule has 2 aromatic carbocycles. The van der Waals surface area contributed by atoms with Crippen LogP contribution in [0.1, 0.15) is 0 Å². The third-order valence-corrected chi connectivity index (χ3v) is 6.59. The van der Waals surface area contributed by atoms with Crippen molar-refractivity contribution in [3.63, 3.8) is 0 Å². The number of carboxylic acids is 1. The van der Waals surface area contributed by atoms with Crippen LogP contribution in [0.3, 0.4) is 0 Å². The van der Waals surface area contributed by atoms with Gasteiger partial charge < -0.3 is 19.9 Å². The summed E-state index contributed by atoms with van der Waals surface area (Å²) in [5, 5.41) is 11.1. The molecule has 0 atom stereocenters. The number of hydrogen-bond acceptors (Lipinski definition) is 9. The maximum absolute atomic E-state index is 12.2. The van der Waals surface area contributed by atoms with E-state index in [1.807, 2.05) is 6.26 Å². The van der Waals surface area contributed by atoms with Crippen LogP contribution in [0, 0.1) is 0 Å². The van der Waals surface area contributed by atoms with Gasteiger partial charge in [0.1, 0.15) is 12.1 Å². The largest absolute Gasteiger partial charge is 0.493 e. The van der Waals surface area contributed by atoms with Crippen molar-refractivity contribution in [2.45, 2.75) is 16.0 Å². The van der Waals surface area contributed by atoms with Gasteiger partial charge in [-0.2, -0.15) is 13.2 Å². The molecule has 3 aromatic rings. The molecule has 0 aliphatic carbocycles. The molecule has 0 amide bonds. The average Bonchev–Trinajstić information content (AvgIpc) is 2.83. The first kappa shape index (κ1) is 27.9. The van der Waals surface area contributed by atoms with Crippen LogP contribution < -0.4 is 19.5 Å². The molecule has 15 heteroatoms. The number of rotatable bonds is 7. The number of carbonyl (C=O) groups is 1. The van der Waals surface area contributed by atoms with Crippen molar-refractivity contribution in [3.05, 3.63) is 36.7 Å². The number of nitrogens with one attached hydrogen (secondary N) is 2. The van der Waals surface area contributed by atoms with Crippen molar-refractivity contribution >= 4 is 50.2 Å². The van der Waals surface area contributed by atoms with Crippen molar-refractivity contribution < 1.29 is 41.0 Å². The first-order valence-electron chi connectivity index (χ1n) is 9.43. The van der Waals surface area contributed by atoms with E-state index in [4.69, 9.17) is 19.4 Å². The number of aliphatic carboxylic acids is 1. The third kappa shape index (κ3) is 6.86. The number of methoxy groups -OCH3 is 2. The van der Waals surface area contributed by atoms with Crippen molar-refractivity contribution in [3.8, 4) is 11.5 Å². The second kappa shape index (κ2) is 11.4. The molecule has 1 aromatic heterocycles. The van der Waals surface area contributed by atoms with Gasteiger partial charge in [0.05, 0.1) is 30.3 Å². The molecule has 3 rings (SSSR count). The highest BCUT2D eigenvalue weighted by molar-refractivity contribution is 7.98. The number of aromatic nitrogens is 2. The van der Waals surface area contributed by atoms with Crippen LogP contribution in [-0.2, 0) is 14.8 Å². The number of ether oxygens (including phenoxy) is 2. The number of nitrogens with zero attached hydrogens (tertiary/aromatic N) is 2. The molecule has 0 saturated heterocycles. The van der Waals surface area contributed by atoms with Gasteiger partial charge in [0, 0.05) is 16.3 Å². The molecule has 1 heterocycles. The number of hydrogen-bond donors (Lipinski definition) is 3. The summed E-state index contributed by atoms with van der Waals surface area (Å²) in [7, 11) is 0.921. The van der Waals surface area contributed by atoms with Crippen molar-refractivity contribution in [1.29, 1.82) is 0 Å². The number of fused-ring (bicyclic) bond motifs is 1. The van der Waals surface area contributed by atoms with Gasteiger partial charge in [0.2, 0.25) is 10.0 Å². The van der Waals surface area contributed by atoms with E-state index in [0.717, 1.165) is 4.90 Å². The van der Waals surface area contributed by atoms with Gasteiger partial charge >= 0.3 is 12.1 Å². The van der Waals surface area contributed by atoms with E-state index in [1.165, 1.54) is 25.1 Å². The summed E-state index contributed by atoms with van der Waals surface area (Å²) >= 11 is 1.49. The molecule has 0 spiro atoms. The lowest BCUT2D eigenvalue weighted by Gasteiger charge is -2.15. The predicted molar refractivity (Wildman–Crippen MR) is 124 cm³/mol. The molecule has 35 heavy (non-hydrogen) atoms. The normalized spacial score (nSPS) is 11.4. The number of thioether (sulfide) groups is 1. The first-order valence-corrected chi connectivity index (χ1v) is 12.1.